The van der Waals surface area contributed by atoms with E-state index in [1.165, 1.54) is 6.20 Å². The number of amides is 1. The van der Waals surface area contributed by atoms with E-state index in [2.05, 4.69) is 15.6 Å². The van der Waals surface area contributed by atoms with Crippen molar-refractivity contribution in [1.82, 2.24) is 4.98 Å². The van der Waals surface area contributed by atoms with Gasteiger partial charge < -0.3 is 20.1 Å². The number of nitrogens with zero attached hydrogens (tertiary/aromatic N) is 1. The second-order valence-corrected chi connectivity index (χ2v) is 4.79. The van der Waals surface area contributed by atoms with Crippen molar-refractivity contribution >= 4 is 17.3 Å². The average Bonchev–Trinajstić information content (AvgIpc) is 2.57. The maximum absolute atomic E-state index is 12.3. The molecule has 0 saturated heterocycles. The minimum atomic E-state index is -0.211. The van der Waals surface area contributed by atoms with Crippen LogP contribution in [0.3, 0.4) is 0 Å². The van der Waals surface area contributed by atoms with E-state index in [-0.39, 0.29) is 5.91 Å². The van der Waals surface area contributed by atoms with Gasteiger partial charge in [-0.1, -0.05) is 0 Å². The molecule has 122 valence electrons. The molecule has 6 heteroatoms. The number of rotatable bonds is 8. The van der Waals surface area contributed by atoms with Crippen molar-refractivity contribution in [2.75, 3.05) is 37.5 Å². The minimum Gasteiger partial charge on any atom is -0.494 e. The van der Waals surface area contributed by atoms with Gasteiger partial charge in [-0.2, -0.15) is 0 Å². The molecule has 0 aliphatic heterocycles. The van der Waals surface area contributed by atoms with E-state index >= 15 is 0 Å². The van der Waals surface area contributed by atoms with Crippen LogP contribution in [-0.4, -0.2) is 37.8 Å². The van der Waals surface area contributed by atoms with E-state index < -0.39 is 0 Å². The number of ether oxygens (including phenoxy) is 2. The van der Waals surface area contributed by atoms with Gasteiger partial charge in [-0.3, -0.25) is 9.78 Å². The van der Waals surface area contributed by atoms with Crippen molar-refractivity contribution < 1.29 is 14.3 Å². The number of aromatic nitrogens is 1. The minimum absolute atomic E-state index is 0.211. The van der Waals surface area contributed by atoms with Gasteiger partial charge in [-0.05, 0) is 37.3 Å². The van der Waals surface area contributed by atoms with Gasteiger partial charge in [0, 0.05) is 31.7 Å². The Labute approximate surface area is 135 Å². The van der Waals surface area contributed by atoms with Gasteiger partial charge in [0.2, 0.25) is 0 Å². The van der Waals surface area contributed by atoms with Gasteiger partial charge in [-0.15, -0.1) is 0 Å². The fraction of sp³-hybridized carbons (Fsp3) is 0.294. The summed E-state index contributed by atoms with van der Waals surface area (Å²) in [5.41, 5.74) is 1.97. The maximum Gasteiger partial charge on any atom is 0.257 e. The van der Waals surface area contributed by atoms with E-state index in [1.54, 1.807) is 31.5 Å². The van der Waals surface area contributed by atoms with Crippen molar-refractivity contribution in [3.63, 3.8) is 0 Å². The van der Waals surface area contributed by atoms with Crippen LogP contribution >= 0.6 is 0 Å². The van der Waals surface area contributed by atoms with E-state index in [0.29, 0.717) is 31.0 Å². The van der Waals surface area contributed by atoms with Crippen LogP contribution in [0.5, 0.6) is 5.75 Å². The molecule has 1 heterocycles. The lowest BCUT2D eigenvalue weighted by Crippen LogP contribution is -2.13. The van der Waals surface area contributed by atoms with Gasteiger partial charge in [-0.25, -0.2) is 0 Å². The molecule has 2 rings (SSSR count). The zero-order valence-corrected chi connectivity index (χ0v) is 13.3. The topological polar surface area (TPSA) is 72.5 Å². The van der Waals surface area contributed by atoms with Crippen molar-refractivity contribution in [1.29, 1.82) is 0 Å². The quantitative estimate of drug-likeness (QED) is 0.733. The molecular formula is C17H21N3O3. The standard InChI is InChI=1S/C17H21N3O3/c1-3-23-16-6-4-14(5-7-16)20-17(21)13-10-15(12-18-11-13)19-8-9-22-2/h4-7,10-12,19H,3,8-9H2,1-2H3,(H,20,21). The lowest BCUT2D eigenvalue weighted by Gasteiger charge is -2.09. The third-order valence-corrected chi connectivity index (χ3v) is 3.06. The summed E-state index contributed by atoms with van der Waals surface area (Å²) in [5.74, 6) is 0.563. The first-order chi connectivity index (χ1) is 11.2. The molecular weight excluding hydrogens is 294 g/mol. The Balaban J connectivity index is 1.98. The Morgan fingerprint density at radius 1 is 1.17 bits per heavy atom. The number of methoxy groups -OCH3 is 1. The highest BCUT2D eigenvalue weighted by Gasteiger charge is 2.07. The molecule has 0 fully saturated rings. The SMILES string of the molecule is CCOc1ccc(NC(=O)c2cncc(NCCOC)c2)cc1. The number of pyridine rings is 1. The summed E-state index contributed by atoms with van der Waals surface area (Å²) >= 11 is 0. The second kappa shape index (κ2) is 8.75. The molecule has 1 aromatic heterocycles. The molecule has 0 bridgehead atoms. The van der Waals surface area contributed by atoms with E-state index in [4.69, 9.17) is 9.47 Å². The normalized spacial score (nSPS) is 10.2. The molecule has 0 saturated carbocycles. The van der Waals surface area contributed by atoms with Crippen LogP contribution in [0.25, 0.3) is 0 Å². The van der Waals surface area contributed by atoms with E-state index in [1.807, 2.05) is 19.1 Å². The lowest BCUT2D eigenvalue weighted by atomic mass is 10.2. The molecule has 2 N–H and O–H groups in total. The molecule has 0 aliphatic carbocycles. The Bertz CT molecular complexity index is 629. The number of carbonyl (C=O) groups is 1. The van der Waals surface area contributed by atoms with E-state index in [0.717, 1.165) is 11.4 Å². The molecule has 0 unspecified atom stereocenters. The maximum atomic E-state index is 12.3. The molecule has 23 heavy (non-hydrogen) atoms. The van der Waals surface area contributed by atoms with Crippen LogP contribution in [0.2, 0.25) is 0 Å². The van der Waals surface area contributed by atoms with Gasteiger partial charge in [0.15, 0.2) is 0 Å². The summed E-state index contributed by atoms with van der Waals surface area (Å²) in [7, 11) is 1.64. The van der Waals surface area contributed by atoms with Gasteiger partial charge in [0.1, 0.15) is 5.75 Å². The summed E-state index contributed by atoms with van der Waals surface area (Å²) in [6.07, 6.45) is 3.20. The number of anilines is 2. The Hall–Kier alpha value is -2.60. The van der Waals surface area contributed by atoms with Crippen LogP contribution in [0.1, 0.15) is 17.3 Å². The van der Waals surface area contributed by atoms with Crippen molar-refractivity contribution in [2.24, 2.45) is 0 Å². The van der Waals surface area contributed by atoms with Crippen LogP contribution in [0.4, 0.5) is 11.4 Å². The first-order valence-corrected chi connectivity index (χ1v) is 7.45. The van der Waals surface area contributed by atoms with Crippen molar-refractivity contribution in [3.8, 4) is 5.75 Å². The Morgan fingerprint density at radius 3 is 2.65 bits per heavy atom. The van der Waals surface area contributed by atoms with Crippen molar-refractivity contribution in [2.45, 2.75) is 6.92 Å². The summed E-state index contributed by atoms with van der Waals surface area (Å²) in [6.45, 7) is 3.78. The smallest absolute Gasteiger partial charge is 0.257 e. The summed E-state index contributed by atoms with van der Waals surface area (Å²) in [4.78, 5) is 16.4. The number of hydrogen-bond donors (Lipinski definition) is 2. The fourth-order valence-corrected chi connectivity index (χ4v) is 1.96. The zero-order valence-electron chi connectivity index (χ0n) is 13.3. The lowest BCUT2D eigenvalue weighted by molar-refractivity contribution is 0.102. The number of carbonyl (C=O) groups excluding carboxylic acids is 1. The summed E-state index contributed by atoms with van der Waals surface area (Å²) in [6, 6.07) is 9.00. The Morgan fingerprint density at radius 2 is 1.96 bits per heavy atom. The molecule has 2 aromatic rings. The molecule has 0 radical (unpaired) electrons. The Kier molecular flexibility index (Phi) is 6.38. The third kappa shape index (κ3) is 5.27. The number of nitrogens with one attached hydrogen (secondary N) is 2. The highest BCUT2D eigenvalue weighted by Crippen LogP contribution is 2.17. The van der Waals surface area contributed by atoms with Gasteiger partial charge in [0.05, 0.1) is 24.5 Å². The summed E-state index contributed by atoms with van der Waals surface area (Å²) in [5, 5.41) is 5.98. The van der Waals surface area contributed by atoms with Crippen LogP contribution < -0.4 is 15.4 Å². The monoisotopic (exact) mass is 315 g/mol. The number of benzene rings is 1. The fourth-order valence-electron chi connectivity index (χ4n) is 1.96. The van der Waals surface area contributed by atoms with Gasteiger partial charge in [0.25, 0.3) is 5.91 Å². The number of hydrogen-bond acceptors (Lipinski definition) is 5. The average molecular weight is 315 g/mol. The predicted molar refractivity (Wildman–Crippen MR) is 90.2 cm³/mol. The summed E-state index contributed by atoms with van der Waals surface area (Å²) < 4.78 is 10.3. The molecule has 1 amide bonds. The molecule has 0 spiro atoms. The van der Waals surface area contributed by atoms with Crippen LogP contribution in [0, 0.1) is 0 Å². The zero-order chi connectivity index (χ0) is 16.5. The molecule has 0 atom stereocenters. The molecule has 1 aromatic carbocycles. The molecule has 0 aliphatic rings. The highest BCUT2D eigenvalue weighted by molar-refractivity contribution is 6.04. The highest BCUT2D eigenvalue weighted by atomic mass is 16.5. The van der Waals surface area contributed by atoms with Crippen LogP contribution in [-0.2, 0) is 4.74 Å². The van der Waals surface area contributed by atoms with E-state index in [9.17, 15) is 4.79 Å². The third-order valence-electron chi connectivity index (χ3n) is 3.06. The first kappa shape index (κ1) is 16.8. The molecule has 6 nitrogen and oxygen atoms in total. The second-order valence-electron chi connectivity index (χ2n) is 4.79. The first-order valence-electron chi connectivity index (χ1n) is 7.45. The van der Waals surface area contributed by atoms with Crippen LogP contribution in [0.15, 0.2) is 42.7 Å². The van der Waals surface area contributed by atoms with Gasteiger partial charge >= 0.3 is 0 Å². The largest absolute Gasteiger partial charge is 0.494 e. The van der Waals surface area contributed by atoms with Crippen molar-refractivity contribution in [3.05, 3.63) is 48.3 Å². The predicted octanol–water partition coefficient (Wildman–Crippen LogP) is 2.79.